The number of hydrogen-bond donors (Lipinski definition) is 1. The summed E-state index contributed by atoms with van der Waals surface area (Å²) in [6.07, 6.45) is 0.935. The summed E-state index contributed by atoms with van der Waals surface area (Å²) in [6.45, 7) is 4.80. The number of benzene rings is 1. The highest BCUT2D eigenvalue weighted by atomic mass is 32.1. The Kier molecular flexibility index (Phi) is 3.99. The Morgan fingerprint density at radius 1 is 1.33 bits per heavy atom. The third kappa shape index (κ3) is 2.40. The first kappa shape index (κ1) is 13.1. The zero-order chi connectivity index (χ0) is 13.1. The standard InChI is InChI=1S/C14H19N3S/c1-4-11-13(9-15)18-14(16-11)17(3)12-8-6-5-7-10(12)2/h5-8H,4,9,15H2,1-3H3. The van der Waals surface area contributed by atoms with Gasteiger partial charge in [-0.25, -0.2) is 4.98 Å². The smallest absolute Gasteiger partial charge is 0.190 e. The Balaban J connectivity index is 2.37. The van der Waals surface area contributed by atoms with E-state index in [1.54, 1.807) is 11.3 Å². The lowest BCUT2D eigenvalue weighted by Crippen LogP contribution is -2.10. The number of hydrogen-bond acceptors (Lipinski definition) is 4. The van der Waals surface area contributed by atoms with E-state index >= 15 is 0 Å². The molecule has 0 aliphatic carbocycles. The minimum absolute atomic E-state index is 0.572. The van der Waals surface area contributed by atoms with Gasteiger partial charge in [-0.2, -0.15) is 0 Å². The molecule has 0 aliphatic heterocycles. The van der Waals surface area contributed by atoms with Crippen molar-refractivity contribution in [3.63, 3.8) is 0 Å². The second kappa shape index (κ2) is 5.50. The number of aryl methyl sites for hydroxylation is 2. The van der Waals surface area contributed by atoms with Gasteiger partial charge in [0.25, 0.3) is 0 Å². The zero-order valence-corrected chi connectivity index (χ0v) is 11.9. The first-order chi connectivity index (χ1) is 8.67. The average Bonchev–Trinajstić information content (AvgIpc) is 2.81. The molecule has 0 saturated carbocycles. The van der Waals surface area contributed by atoms with Gasteiger partial charge in [0.05, 0.1) is 5.69 Å². The minimum atomic E-state index is 0.572. The van der Waals surface area contributed by atoms with Gasteiger partial charge < -0.3 is 10.6 Å². The van der Waals surface area contributed by atoms with E-state index in [-0.39, 0.29) is 0 Å². The first-order valence-electron chi connectivity index (χ1n) is 6.15. The van der Waals surface area contributed by atoms with Crippen molar-refractivity contribution in [2.24, 2.45) is 5.73 Å². The molecule has 2 rings (SSSR count). The molecule has 2 aromatic rings. The highest BCUT2D eigenvalue weighted by molar-refractivity contribution is 7.15. The second-order valence-electron chi connectivity index (χ2n) is 4.27. The van der Waals surface area contributed by atoms with Gasteiger partial charge in [0.15, 0.2) is 5.13 Å². The predicted octanol–water partition coefficient (Wildman–Crippen LogP) is 3.24. The number of para-hydroxylation sites is 1. The molecule has 1 heterocycles. The summed E-state index contributed by atoms with van der Waals surface area (Å²) in [6, 6.07) is 8.34. The van der Waals surface area contributed by atoms with Crippen LogP contribution in [0, 0.1) is 6.92 Å². The molecular weight excluding hydrogens is 242 g/mol. The van der Waals surface area contributed by atoms with Crippen molar-refractivity contribution in [1.29, 1.82) is 0 Å². The molecule has 18 heavy (non-hydrogen) atoms. The first-order valence-corrected chi connectivity index (χ1v) is 6.97. The maximum Gasteiger partial charge on any atom is 0.190 e. The van der Waals surface area contributed by atoms with Crippen LogP contribution in [0.25, 0.3) is 0 Å². The van der Waals surface area contributed by atoms with Crippen LogP contribution in [0.3, 0.4) is 0 Å². The van der Waals surface area contributed by atoms with E-state index in [1.807, 2.05) is 0 Å². The number of aromatic nitrogens is 1. The van der Waals surface area contributed by atoms with Gasteiger partial charge in [-0.3, -0.25) is 0 Å². The van der Waals surface area contributed by atoms with Gasteiger partial charge >= 0.3 is 0 Å². The van der Waals surface area contributed by atoms with Gasteiger partial charge in [-0.05, 0) is 25.0 Å². The lowest BCUT2D eigenvalue weighted by atomic mass is 10.2. The molecule has 0 unspecified atom stereocenters. The fourth-order valence-corrected chi connectivity index (χ4v) is 2.99. The van der Waals surface area contributed by atoms with Crippen molar-refractivity contribution in [2.75, 3.05) is 11.9 Å². The fraction of sp³-hybridized carbons (Fsp3) is 0.357. The van der Waals surface area contributed by atoms with E-state index in [4.69, 9.17) is 5.73 Å². The van der Waals surface area contributed by atoms with Crippen LogP contribution in [0.5, 0.6) is 0 Å². The zero-order valence-electron chi connectivity index (χ0n) is 11.1. The van der Waals surface area contributed by atoms with Crippen molar-refractivity contribution in [1.82, 2.24) is 4.98 Å². The van der Waals surface area contributed by atoms with Crippen LogP contribution in [-0.4, -0.2) is 12.0 Å². The average molecular weight is 261 g/mol. The minimum Gasteiger partial charge on any atom is -0.326 e. The number of thiazole rings is 1. The van der Waals surface area contributed by atoms with Crippen molar-refractivity contribution < 1.29 is 0 Å². The Bertz CT molecular complexity index is 512. The van der Waals surface area contributed by atoms with Crippen molar-refractivity contribution in [3.05, 3.63) is 40.4 Å². The molecule has 4 heteroatoms. The quantitative estimate of drug-likeness (QED) is 0.918. The topological polar surface area (TPSA) is 42.2 Å². The molecule has 0 saturated heterocycles. The molecule has 0 bridgehead atoms. The van der Waals surface area contributed by atoms with Crippen molar-refractivity contribution in [3.8, 4) is 0 Å². The van der Waals surface area contributed by atoms with E-state index < -0.39 is 0 Å². The van der Waals surface area contributed by atoms with Gasteiger partial charge in [-0.1, -0.05) is 36.5 Å². The number of nitrogens with two attached hydrogens (primary N) is 1. The molecule has 0 atom stereocenters. The summed E-state index contributed by atoms with van der Waals surface area (Å²) in [5.74, 6) is 0. The molecule has 0 spiro atoms. The van der Waals surface area contributed by atoms with E-state index in [0.29, 0.717) is 6.54 Å². The molecule has 0 aliphatic rings. The second-order valence-corrected chi connectivity index (χ2v) is 5.33. The van der Waals surface area contributed by atoms with Crippen molar-refractivity contribution >= 4 is 22.2 Å². The Hall–Kier alpha value is -1.39. The lowest BCUT2D eigenvalue weighted by Gasteiger charge is -2.18. The predicted molar refractivity (Wildman–Crippen MR) is 78.6 cm³/mol. The maximum atomic E-state index is 5.76. The molecule has 1 aromatic carbocycles. The van der Waals surface area contributed by atoms with Crippen LogP contribution in [0.4, 0.5) is 10.8 Å². The summed E-state index contributed by atoms with van der Waals surface area (Å²) in [4.78, 5) is 8.01. The molecule has 0 radical (unpaired) electrons. The molecule has 3 nitrogen and oxygen atoms in total. The molecule has 0 fully saturated rings. The van der Waals surface area contributed by atoms with E-state index in [1.165, 1.54) is 16.1 Å². The largest absolute Gasteiger partial charge is 0.326 e. The number of rotatable bonds is 4. The maximum absolute atomic E-state index is 5.76. The van der Waals surface area contributed by atoms with Crippen LogP contribution in [0.1, 0.15) is 23.1 Å². The van der Waals surface area contributed by atoms with E-state index in [9.17, 15) is 0 Å². The Labute approximate surface area is 112 Å². The van der Waals surface area contributed by atoms with Crippen LogP contribution in [0.2, 0.25) is 0 Å². The summed E-state index contributed by atoms with van der Waals surface area (Å²) in [5, 5.41) is 1.02. The highest BCUT2D eigenvalue weighted by Crippen LogP contribution is 2.32. The van der Waals surface area contributed by atoms with Crippen LogP contribution >= 0.6 is 11.3 Å². The highest BCUT2D eigenvalue weighted by Gasteiger charge is 2.14. The number of nitrogens with zero attached hydrogens (tertiary/aromatic N) is 2. The van der Waals surface area contributed by atoms with E-state index in [0.717, 1.165) is 17.2 Å². The fourth-order valence-electron chi connectivity index (χ4n) is 1.99. The third-order valence-corrected chi connectivity index (χ3v) is 4.25. The van der Waals surface area contributed by atoms with Crippen LogP contribution in [0.15, 0.2) is 24.3 Å². The van der Waals surface area contributed by atoms with Gasteiger partial charge in [0, 0.05) is 24.2 Å². The SMILES string of the molecule is CCc1nc(N(C)c2ccccc2C)sc1CN. The lowest BCUT2D eigenvalue weighted by molar-refractivity contribution is 0.981. The molecule has 2 N–H and O–H groups in total. The Morgan fingerprint density at radius 2 is 2.06 bits per heavy atom. The Morgan fingerprint density at radius 3 is 2.61 bits per heavy atom. The molecule has 0 amide bonds. The van der Waals surface area contributed by atoms with Gasteiger partial charge in [-0.15, -0.1) is 0 Å². The number of anilines is 2. The summed E-state index contributed by atoms with van der Waals surface area (Å²) in [5.41, 5.74) is 9.33. The molecular formula is C14H19N3S. The normalized spacial score (nSPS) is 10.7. The summed E-state index contributed by atoms with van der Waals surface area (Å²) >= 11 is 1.69. The molecule has 1 aromatic heterocycles. The summed E-state index contributed by atoms with van der Waals surface area (Å²) in [7, 11) is 2.06. The molecule has 96 valence electrons. The van der Waals surface area contributed by atoms with Gasteiger partial charge in [0.2, 0.25) is 0 Å². The van der Waals surface area contributed by atoms with Crippen LogP contribution < -0.4 is 10.6 Å². The van der Waals surface area contributed by atoms with Gasteiger partial charge in [0.1, 0.15) is 0 Å². The monoisotopic (exact) mass is 261 g/mol. The third-order valence-electron chi connectivity index (χ3n) is 3.05. The van der Waals surface area contributed by atoms with Crippen molar-refractivity contribution in [2.45, 2.75) is 26.8 Å². The summed E-state index contributed by atoms with van der Waals surface area (Å²) < 4.78 is 0. The van der Waals surface area contributed by atoms with E-state index in [2.05, 4.69) is 55.0 Å². The van der Waals surface area contributed by atoms with Crippen LogP contribution in [-0.2, 0) is 13.0 Å².